The first kappa shape index (κ1) is 20.0. The number of rotatable bonds is 11. The van der Waals surface area contributed by atoms with Crippen LogP contribution in [0, 0.1) is 11.6 Å². The highest BCUT2D eigenvalue weighted by molar-refractivity contribution is 5.56. The zero-order valence-electron chi connectivity index (χ0n) is 15.0. The minimum absolute atomic E-state index is 0.0522. The topological polar surface area (TPSA) is 53.7 Å². The first-order valence-corrected chi connectivity index (χ1v) is 8.77. The van der Waals surface area contributed by atoms with Gasteiger partial charge in [0.1, 0.15) is 23.1 Å². The van der Waals surface area contributed by atoms with Gasteiger partial charge in [-0.3, -0.25) is 0 Å². The zero-order chi connectivity index (χ0) is 18.8. The molecule has 0 amide bonds. The molecule has 0 saturated carbocycles. The smallest absolute Gasteiger partial charge is 0.142 e. The lowest BCUT2D eigenvalue weighted by molar-refractivity contribution is 0.111. The molecule has 2 rings (SSSR count). The maximum absolute atomic E-state index is 13.4. The second-order valence-electron chi connectivity index (χ2n) is 5.89. The Kier molecular flexibility index (Phi) is 8.15. The van der Waals surface area contributed by atoms with E-state index in [1.165, 1.54) is 0 Å². The van der Waals surface area contributed by atoms with Gasteiger partial charge in [0.2, 0.25) is 0 Å². The lowest BCUT2D eigenvalue weighted by atomic mass is 10.2. The number of benzene rings is 2. The molecule has 0 heterocycles. The quantitative estimate of drug-likeness (QED) is 0.463. The minimum atomic E-state index is -0.470. The molecule has 0 bridgehead atoms. The summed E-state index contributed by atoms with van der Waals surface area (Å²) in [6.45, 7) is 3.69. The number of halogens is 2. The van der Waals surface area contributed by atoms with E-state index in [0.717, 1.165) is 43.2 Å². The summed E-state index contributed by atoms with van der Waals surface area (Å²) in [6.07, 6.45) is 2.44. The summed E-state index contributed by atoms with van der Waals surface area (Å²) in [4.78, 5) is 0. The highest BCUT2D eigenvalue weighted by Crippen LogP contribution is 2.26. The molecule has 0 radical (unpaired) electrons. The van der Waals surface area contributed by atoms with Crippen LogP contribution in [0.25, 0.3) is 0 Å². The van der Waals surface area contributed by atoms with Crippen molar-refractivity contribution < 1.29 is 23.0 Å². The van der Waals surface area contributed by atoms with Crippen LogP contribution in [0.3, 0.4) is 0 Å². The Balaban J connectivity index is 1.62. The van der Waals surface area contributed by atoms with Crippen LogP contribution in [0.4, 0.5) is 14.5 Å². The predicted molar refractivity (Wildman–Crippen MR) is 97.4 cm³/mol. The average molecular weight is 365 g/mol. The van der Waals surface area contributed by atoms with Crippen molar-refractivity contribution in [2.24, 2.45) is 0 Å². The molecule has 0 saturated heterocycles. The van der Waals surface area contributed by atoms with Crippen molar-refractivity contribution in [3.8, 4) is 11.5 Å². The summed E-state index contributed by atoms with van der Waals surface area (Å²) in [7, 11) is 0. The van der Waals surface area contributed by atoms with Gasteiger partial charge in [-0.15, -0.1) is 0 Å². The Labute approximate surface area is 152 Å². The van der Waals surface area contributed by atoms with E-state index in [1.807, 2.05) is 13.0 Å². The Bertz CT molecular complexity index is 695. The second-order valence-corrected chi connectivity index (χ2v) is 5.89. The number of unbranched alkanes of at least 4 members (excludes halogenated alkanes) is 1. The molecule has 0 aliphatic heterocycles. The maximum atomic E-state index is 13.4. The predicted octanol–water partition coefficient (Wildman–Crippen LogP) is 4.71. The molecule has 2 N–H and O–H groups in total. The lowest BCUT2D eigenvalue weighted by Gasteiger charge is -2.11. The van der Waals surface area contributed by atoms with Gasteiger partial charge in [-0.25, -0.2) is 8.78 Å². The third-order valence-electron chi connectivity index (χ3n) is 3.66. The summed E-state index contributed by atoms with van der Waals surface area (Å²) in [6, 6.07) is 8.72. The first-order chi connectivity index (χ1) is 12.6. The molecular formula is C20H25F2NO3. The highest BCUT2D eigenvalue weighted by Gasteiger charge is 2.05. The molecule has 2 aromatic carbocycles. The molecule has 142 valence electrons. The molecule has 0 aromatic heterocycles. The monoisotopic (exact) mass is 365 g/mol. The first-order valence-electron chi connectivity index (χ1n) is 8.77. The molecule has 26 heavy (non-hydrogen) atoms. The van der Waals surface area contributed by atoms with Crippen LogP contribution >= 0.6 is 0 Å². The van der Waals surface area contributed by atoms with E-state index in [0.29, 0.717) is 31.3 Å². The van der Waals surface area contributed by atoms with E-state index in [2.05, 4.69) is 0 Å². The Morgan fingerprint density at radius 2 is 1.73 bits per heavy atom. The van der Waals surface area contributed by atoms with Crippen molar-refractivity contribution in [2.45, 2.75) is 32.8 Å². The van der Waals surface area contributed by atoms with Gasteiger partial charge in [0.15, 0.2) is 0 Å². The largest absolute Gasteiger partial charge is 0.494 e. The third-order valence-corrected chi connectivity index (χ3v) is 3.66. The van der Waals surface area contributed by atoms with Crippen molar-refractivity contribution in [3.63, 3.8) is 0 Å². The van der Waals surface area contributed by atoms with E-state index in [-0.39, 0.29) is 12.2 Å². The van der Waals surface area contributed by atoms with Crippen LogP contribution in [-0.2, 0) is 11.3 Å². The fourth-order valence-corrected chi connectivity index (χ4v) is 2.29. The summed E-state index contributed by atoms with van der Waals surface area (Å²) in [5.74, 6) is 0.421. The van der Waals surface area contributed by atoms with Crippen LogP contribution in [0.2, 0.25) is 0 Å². The molecule has 0 unspecified atom stereocenters. The van der Waals surface area contributed by atoms with Crippen LogP contribution < -0.4 is 15.2 Å². The Morgan fingerprint density at radius 3 is 2.50 bits per heavy atom. The molecule has 0 fully saturated rings. The van der Waals surface area contributed by atoms with E-state index < -0.39 is 11.6 Å². The average Bonchev–Trinajstić information content (AvgIpc) is 2.63. The standard InChI is InChI=1S/C20H25F2NO3/c1-2-9-25-17-6-8-20(19(23)13-17)26-11-4-3-10-24-14-15-12-16(21)5-7-18(15)22/h5-8,12-13H,2-4,9-11,14,23H2,1H3. The van der Waals surface area contributed by atoms with Crippen molar-refractivity contribution in [2.75, 3.05) is 25.6 Å². The molecule has 4 nitrogen and oxygen atoms in total. The van der Waals surface area contributed by atoms with Crippen LogP contribution in [-0.4, -0.2) is 19.8 Å². The fourth-order valence-electron chi connectivity index (χ4n) is 2.29. The normalized spacial score (nSPS) is 10.7. The molecule has 6 heteroatoms. The maximum Gasteiger partial charge on any atom is 0.142 e. The minimum Gasteiger partial charge on any atom is -0.494 e. The lowest BCUT2D eigenvalue weighted by Crippen LogP contribution is -2.04. The van der Waals surface area contributed by atoms with Gasteiger partial charge in [0, 0.05) is 18.2 Å². The van der Waals surface area contributed by atoms with Gasteiger partial charge < -0.3 is 19.9 Å². The van der Waals surface area contributed by atoms with Gasteiger partial charge in [-0.1, -0.05) is 6.92 Å². The fraction of sp³-hybridized carbons (Fsp3) is 0.400. The Hall–Kier alpha value is -2.34. The number of ether oxygens (including phenoxy) is 3. The molecule has 2 aromatic rings. The van der Waals surface area contributed by atoms with Gasteiger partial charge in [0.05, 0.1) is 25.5 Å². The number of hydrogen-bond acceptors (Lipinski definition) is 4. The van der Waals surface area contributed by atoms with Gasteiger partial charge in [-0.2, -0.15) is 0 Å². The third kappa shape index (κ3) is 6.52. The summed E-state index contributed by atoms with van der Waals surface area (Å²) >= 11 is 0. The SMILES string of the molecule is CCCOc1ccc(OCCCCOCc2cc(F)ccc2F)c(N)c1. The van der Waals surface area contributed by atoms with Crippen molar-refractivity contribution in [3.05, 3.63) is 53.6 Å². The number of hydrogen-bond donors (Lipinski definition) is 1. The van der Waals surface area contributed by atoms with Crippen LogP contribution in [0.5, 0.6) is 11.5 Å². The molecular weight excluding hydrogens is 340 g/mol. The highest BCUT2D eigenvalue weighted by atomic mass is 19.1. The van der Waals surface area contributed by atoms with Gasteiger partial charge in [-0.05, 0) is 49.6 Å². The van der Waals surface area contributed by atoms with Crippen LogP contribution in [0.15, 0.2) is 36.4 Å². The summed E-state index contributed by atoms with van der Waals surface area (Å²) in [5, 5.41) is 0. The van der Waals surface area contributed by atoms with E-state index in [4.69, 9.17) is 19.9 Å². The number of nitrogens with two attached hydrogens (primary N) is 1. The molecule has 0 spiro atoms. The number of anilines is 1. The number of nitrogen functional groups attached to an aromatic ring is 1. The van der Waals surface area contributed by atoms with Crippen molar-refractivity contribution >= 4 is 5.69 Å². The van der Waals surface area contributed by atoms with E-state index in [9.17, 15) is 8.78 Å². The summed E-state index contributed by atoms with van der Waals surface area (Å²) < 4.78 is 43.0. The second kappa shape index (κ2) is 10.6. The van der Waals surface area contributed by atoms with Crippen LogP contribution in [0.1, 0.15) is 31.7 Å². The molecule has 0 aliphatic rings. The summed E-state index contributed by atoms with van der Waals surface area (Å²) in [5.41, 5.74) is 6.71. The van der Waals surface area contributed by atoms with Crippen molar-refractivity contribution in [1.82, 2.24) is 0 Å². The molecule has 0 atom stereocenters. The van der Waals surface area contributed by atoms with Gasteiger partial charge in [0.25, 0.3) is 0 Å². The van der Waals surface area contributed by atoms with Gasteiger partial charge >= 0.3 is 0 Å². The molecule has 0 aliphatic carbocycles. The zero-order valence-corrected chi connectivity index (χ0v) is 15.0. The van der Waals surface area contributed by atoms with E-state index in [1.54, 1.807) is 12.1 Å². The Morgan fingerprint density at radius 1 is 0.923 bits per heavy atom. The van der Waals surface area contributed by atoms with Crippen molar-refractivity contribution in [1.29, 1.82) is 0 Å². The van der Waals surface area contributed by atoms with E-state index >= 15 is 0 Å².